The number of fused-ring (bicyclic) bond motifs is 1. The standard InChI is InChI=1S/C11H14N4O2/c1-7-12-9-6-8(4-5-10(9)17-7)13-11(16)14-15(2)3/h4-6H,1-3H3,(H2,13,14,16). The SMILES string of the molecule is Cc1nc2cc(NC(=O)NN(C)C)ccc2o1. The van der Waals surface area contributed by atoms with Crippen LogP contribution in [0.3, 0.4) is 0 Å². The normalized spacial score (nSPS) is 10.8. The summed E-state index contributed by atoms with van der Waals surface area (Å²) in [5.74, 6) is 0.606. The minimum absolute atomic E-state index is 0.297. The molecular formula is C11H14N4O2. The molecule has 1 aromatic carbocycles. The van der Waals surface area contributed by atoms with Crippen molar-refractivity contribution < 1.29 is 9.21 Å². The first-order valence-electron chi connectivity index (χ1n) is 5.17. The van der Waals surface area contributed by atoms with Crippen LogP contribution in [0, 0.1) is 6.92 Å². The van der Waals surface area contributed by atoms with Crippen LogP contribution in [0.5, 0.6) is 0 Å². The lowest BCUT2D eigenvalue weighted by Crippen LogP contribution is -2.39. The number of rotatable bonds is 2. The maximum absolute atomic E-state index is 11.5. The Morgan fingerprint density at radius 3 is 2.88 bits per heavy atom. The largest absolute Gasteiger partial charge is 0.441 e. The summed E-state index contributed by atoms with van der Waals surface area (Å²) in [6, 6.07) is 5.01. The van der Waals surface area contributed by atoms with Gasteiger partial charge < -0.3 is 9.73 Å². The van der Waals surface area contributed by atoms with Gasteiger partial charge in [0.1, 0.15) is 5.52 Å². The van der Waals surface area contributed by atoms with Gasteiger partial charge >= 0.3 is 6.03 Å². The molecule has 2 N–H and O–H groups in total. The van der Waals surface area contributed by atoms with Crippen molar-refractivity contribution >= 4 is 22.8 Å². The van der Waals surface area contributed by atoms with Gasteiger partial charge in [-0.1, -0.05) is 0 Å². The highest BCUT2D eigenvalue weighted by Crippen LogP contribution is 2.19. The molecule has 0 aliphatic carbocycles. The molecule has 0 unspecified atom stereocenters. The van der Waals surface area contributed by atoms with Gasteiger partial charge in [0, 0.05) is 26.7 Å². The number of benzene rings is 1. The highest BCUT2D eigenvalue weighted by atomic mass is 16.3. The predicted molar refractivity (Wildman–Crippen MR) is 64.6 cm³/mol. The molecular weight excluding hydrogens is 220 g/mol. The van der Waals surface area contributed by atoms with Crippen molar-refractivity contribution in [3.63, 3.8) is 0 Å². The Hall–Kier alpha value is -2.08. The average Bonchev–Trinajstić information content (AvgIpc) is 2.55. The number of urea groups is 1. The molecule has 0 fully saturated rings. The van der Waals surface area contributed by atoms with Crippen LogP contribution in [0.1, 0.15) is 5.89 Å². The summed E-state index contributed by atoms with van der Waals surface area (Å²) < 4.78 is 5.34. The summed E-state index contributed by atoms with van der Waals surface area (Å²) in [6.45, 7) is 1.78. The van der Waals surface area contributed by atoms with Crippen LogP contribution in [-0.4, -0.2) is 30.1 Å². The van der Waals surface area contributed by atoms with Crippen LogP contribution in [0.4, 0.5) is 10.5 Å². The Balaban J connectivity index is 2.16. The molecule has 0 aliphatic rings. The van der Waals surface area contributed by atoms with E-state index in [1.165, 1.54) is 0 Å². The molecule has 0 saturated carbocycles. The summed E-state index contributed by atoms with van der Waals surface area (Å²) in [4.78, 5) is 15.6. The molecule has 2 aromatic rings. The number of carbonyl (C=O) groups excluding carboxylic acids is 1. The zero-order valence-corrected chi connectivity index (χ0v) is 9.94. The first kappa shape index (κ1) is 11.4. The summed E-state index contributed by atoms with van der Waals surface area (Å²) in [5.41, 5.74) is 4.69. The maximum atomic E-state index is 11.5. The lowest BCUT2D eigenvalue weighted by atomic mass is 10.3. The number of hydrogen-bond acceptors (Lipinski definition) is 4. The number of hydrazine groups is 1. The fourth-order valence-electron chi connectivity index (χ4n) is 1.48. The molecule has 1 aromatic heterocycles. The smallest absolute Gasteiger partial charge is 0.333 e. The molecule has 90 valence electrons. The fourth-order valence-corrected chi connectivity index (χ4v) is 1.48. The van der Waals surface area contributed by atoms with Gasteiger partial charge in [-0.15, -0.1) is 0 Å². The van der Waals surface area contributed by atoms with E-state index in [0.29, 0.717) is 17.2 Å². The number of oxazole rings is 1. The Bertz CT molecular complexity index is 547. The number of amides is 2. The summed E-state index contributed by atoms with van der Waals surface area (Å²) in [5, 5.41) is 4.26. The molecule has 0 atom stereocenters. The highest BCUT2D eigenvalue weighted by molar-refractivity contribution is 5.91. The first-order chi connectivity index (χ1) is 8.04. The van der Waals surface area contributed by atoms with Gasteiger partial charge in [0.15, 0.2) is 11.5 Å². The van der Waals surface area contributed by atoms with E-state index in [1.54, 1.807) is 44.2 Å². The van der Waals surface area contributed by atoms with Crippen molar-refractivity contribution in [2.45, 2.75) is 6.92 Å². The third-order valence-corrected chi connectivity index (χ3v) is 2.08. The minimum atomic E-state index is -0.297. The quantitative estimate of drug-likeness (QED) is 0.776. The van der Waals surface area contributed by atoms with Gasteiger partial charge in [0.2, 0.25) is 0 Å². The molecule has 2 amide bonds. The van der Waals surface area contributed by atoms with Crippen LogP contribution in [-0.2, 0) is 0 Å². The molecule has 0 bridgehead atoms. The lowest BCUT2D eigenvalue weighted by molar-refractivity contribution is 0.224. The van der Waals surface area contributed by atoms with Crippen LogP contribution < -0.4 is 10.7 Å². The van der Waals surface area contributed by atoms with Crippen molar-refractivity contribution in [3.8, 4) is 0 Å². The highest BCUT2D eigenvalue weighted by Gasteiger charge is 2.06. The van der Waals surface area contributed by atoms with Gasteiger partial charge in [-0.3, -0.25) is 5.43 Å². The number of aryl methyl sites for hydroxylation is 1. The van der Waals surface area contributed by atoms with Crippen LogP contribution >= 0.6 is 0 Å². The van der Waals surface area contributed by atoms with Gasteiger partial charge in [-0.2, -0.15) is 0 Å². The van der Waals surface area contributed by atoms with E-state index in [2.05, 4.69) is 15.7 Å². The minimum Gasteiger partial charge on any atom is -0.441 e. The molecule has 6 heteroatoms. The van der Waals surface area contributed by atoms with Gasteiger partial charge in [0.05, 0.1) is 0 Å². The number of carbonyl (C=O) groups is 1. The second-order valence-electron chi connectivity index (χ2n) is 3.88. The summed E-state index contributed by atoms with van der Waals surface area (Å²) in [7, 11) is 3.48. The molecule has 6 nitrogen and oxygen atoms in total. The van der Waals surface area contributed by atoms with Crippen LogP contribution in [0.15, 0.2) is 22.6 Å². The summed E-state index contributed by atoms with van der Waals surface area (Å²) >= 11 is 0. The van der Waals surface area contributed by atoms with Crippen molar-refractivity contribution in [3.05, 3.63) is 24.1 Å². The molecule has 0 aliphatic heterocycles. The molecule has 17 heavy (non-hydrogen) atoms. The number of nitrogens with zero attached hydrogens (tertiary/aromatic N) is 2. The number of nitrogens with one attached hydrogen (secondary N) is 2. The predicted octanol–water partition coefficient (Wildman–Crippen LogP) is 1.73. The van der Waals surface area contributed by atoms with E-state index in [4.69, 9.17) is 4.42 Å². The lowest BCUT2D eigenvalue weighted by Gasteiger charge is -2.12. The molecule has 0 spiro atoms. The maximum Gasteiger partial charge on any atom is 0.333 e. The van der Waals surface area contributed by atoms with E-state index in [0.717, 1.165) is 5.52 Å². The first-order valence-corrected chi connectivity index (χ1v) is 5.17. The Morgan fingerprint density at radius 2 is 2.18 bits per heavy atom. The van der Waals surface area contributed by atoms with Crippen molar-refractivity contribution in [1.29, 1.82) is 0 Å². The number of hydrogen-bond donors (Lipinski definition) is 2. The van der Waals surface area contributed by atoms with E-state index in [-0.39, 0.29) is 6.03 Å². The molecule has 0 radical (unpaired) electrons. The van der Waals surface area contributed by atoms with Gasteiger partial charge in [0.25, 0.3) is 0 Å². The Morgan fingerprint density at radius 1 is 1.41 bits per heavy atom. The zero-order valence-electron chi connectivity index (χ0n) is 9.94. The third kappa shape index (κ3) is 2.73. The van der Waals surface area contributed by atoms with Crippen LogP contribution in [0.25, 0.3) is 11.1 Å². The van der Waals surface area contributed by atoms with Crippen molar-refractivity contribution in [1.82, 2.24) is 15.4 Å². The zero-order chi connectivity index (χ0) is 12.4. The summed E-state index contributed by atoms with van der Waals surface area (Å²) in [6.07, 6.45) is 0. The van der Waals surface area contributed by atoms with E-state index < -0.39 is 0 Å². The third-order valence-electron chi connectivity index (χ3n) is 2.08. The second kappa shape index (κ2) is 4.42. The number of aromatic nitrogens is 1. The molecule has 2 rings (SSSR count). The van der Waals surface area contributed by atoms with Crippen molar-refractivity contribution in [2.24, 2.45) is 0 Å². The van der Waals surface area contributed by atoms with Crippen LogP contribution in [0.2, 0.25) is 0 Å². The molecule has 1 heterocycles. The monoisotopic (exact) mass is 234 g/mol. The molecule has 0 saturated heterocycles. The van der Waals surface area contributed by atoms with Gasteiger partial charge in [-0.05, 0) is 18.2 Å². The Labute approximate surface area is 98.6 Å². The van der Waals surface area contributed by atoms with E-state index >= 15 is 0 Å². The fraction of sp³-hybridized carbons (Fsp3) is 0.273. The second-order valence-corrected chi connectivity index (χ2v) is 3.88. The number of anilines is 1. The van der Waals surface area contributed by atoms with Crippen molar-refractivity contribution in [2.75, 3.05) is 19.4 Å². The van der Waals surface area contributed by atoms with Gasteiger partial charge in [-0.25, -0.2) is 14.8 Å². The topological polar surface area (TPSA) is 70.4 Å². The van der Waals surface area contributed by atoms with E-state index in [9.17, 15) is 4.79 Å². The Kier molecular flexibility index (Phi) is 2.97. The average molecular weight is 234 g/mol. The van der Waals surface area contributed by atoms with E-state index in [1.807, 2.05) is 0 Å².